The Bertz CT molecular complexity index is 789. The van der Waals surface area contributed by atoms with Gasteiger partial charge in [-0.2, -0.15) is 0 Å². The van der Waals surface area contributed by atoms with Gasteiger partial charge in [0.1, 0.15) is 5.75 Å². The van der Waals surface area contributed by atoms with E-state index in [-0.39, 0.29) is 0 Å². The minimum atomic E-state index is 0.682. The molecule has 3 aromatic rings. The quantitative estimate of drug-likeness (QED) is 0.547. The van der Waals surface area contributed by atoms with E-state index in [1.165, 1.54) is 17.7 Å². The standard InChI is InChI=1S/C20H25N3OS/c1-3-5-10-23(14-19-12-21-15-25-19)13-17-7-6-16-11-18(24-4-2)8-9-20(16)22-17/h6-9,11-12,15H,3-5,10,13-14H2,1-2H3. The number of nitrogens with zero attached hydrogens (tertiary/aromatic N) is 3. The molecule has 0 radical (unpaired) electrons. The first-order chi connectivity index (χ1) is 12.3. The number of pyridine rings is 1. The summed E-state index contributed by atoms with van der Waals surface area (Å²) in [6.07, 6.45) is 4.36. The Labute approximate surface area is 153 Å². The van der Waals surface area contributed by atoms with Crippen molar-refractivity contribution in [2.45, 2.75) is 39.8 Å². The molecular formula is C20H25N3OS. The molecular weight excluding hydrogens is 330 g/mol. The lowest BCUT2D eigenvalue weighted by Gasteiger charge is -2.21. The molecule has 0 saturated heterocycles. The van der Waals surface area contributed by atoms with Crippen LogP contribution in [0.1, 0.15) is 37.3 Å². The lowest BCUT2D eigenvalue weighted by molar-refractivity contribution is 0.252. The number of rotatable bonds is 9. The summed E-state index contributed by atoms with van der Waals surface area (Å²) in [6, 6.07) is 10.4. The average Bonchev–Trinajstić information content (AvgIpc) is 3.13. The van der Waals surface area contributed by atoms with E-state index in [9.17, 15) is 0 Å². The zero-order chi connectivity index (χ0) is 17.5. The van der Waals surface area contributed by atoms with E-state index >= 15 is 0 Å². The maximum absolute atomic E-state index is 5.57. The molecule has 1 aromatic carbocycles. The molecule has 5 heteroatoms. The highest BCUT2D eigenvalue weighted by Gasteiger charge is 2.10. The molecule has 0 saturated carbocycles. The average molecular weight is 356 g/mol. The van der Waals surface area contributed by atoms with Crippen molar-refractivity contribution in [1.82, 2.24) is 14.9 Å². The van der Waals surface area contributed by atoms with Crippen LogP contribution in [0.4, 0.5) is 0 Å². The number of benzene rings is 1. The first kappa shape index (κ1) is 17.8. The number of aromatic nitrogens is 2. The van der Waals surface area contributed by atoms with Gasteiger partial charge in [-0.15, -0.1) is 11.3 Å². The first-order valence-electron chi connectivity index (χ1n) is 8.90. The fourth-order valence-corrected chi connectivity index (χ4v) is 3.49. The summed E-state index contributed by atoms with van der Waals surface area (Å²) in [5.41, 5.74) is 4.03. The van der Waals surface area contributed by atoms with Gasteiger partial charge < -0.3 is 4.74 Å². The Balaban J connectivity index is 1.75. The van der Waals surface area contributed by atoms with Crippen molar-refractivity contribution >= 4 is 22.2 Å². The van der Waals surface area contributed by atoms with Gasteiger partial charge in [-0.05, 0) is 44.2 Å². The van der Waals surface area contributed by atoms with Gasteiger partial charge in [-0.3, -0.25) is 14.9 Å². The number of thiazole rings is 1. The third kappa shape index (κ3) is 5.00. The lowest BCUT2D eigenvalue weighted by Crippen LogP contribution is -2.24. The maximum Gasteiger partial charge on any atom is 0.120 e. The van der Waals surface area contributed by atoms with Gasteiger partial charge in [0.2, 0.25) is 0 Å². The number of hydrogen-bond acceptors (Lipinski definition) is 5. The molecule has 25 heavy (non-hydrogen) atoms. The van der Waals surface area contributed by atoms with E-state index in [0.717, 1.165) is 42.0 Å². The molecule has 0 aliphatic rings. The Hall–Kier alpha value is -1.98. The molecule has 132 valence electrons. The summed E-state index contributed by atoms with van der Waals surface area (Å²) in [6.45, 7) is 7.79. The number of fused-ring (bicyclic) bond motifs is 1. The molecule has 0 bridgehead atoms. The highest BCUT2D eigenvalue weighted by atomic mass is 32.1. The highest BCUT2D eigenvalue weighted by molar-refractivity contribution is 7.09. The minimum absolute atomic E-state index is 0.682. The smallest absolute Gasteiger partial charge is 0.120 e. The van der Waals surface area contributed by atoms with Crippen LogP contribution in [0.2, 0.25) is 0 Å². The van der Waals surface area contributed by atoms with Crippen molar-refractivity contribution in [3.05, 3.63) is 52.6 Å². The van der Waals surface area contributed by atoms with Crippen LogP contribution in [-0.2, 0) is 13.1 Å². The van der Waals surface area contributed by atoms with Crippen LogP contribution in [0.3, 0.4) is 0 Å². The third-order valence-electron chi connectivity index (χ3n) is 4.11. The second kappa shape index (κ2) is 8.92. The molecule has 2 aromatic heterocycles. The van der Waals surface area contributed by atoms with Gasteiger partial charge in [0.05, 0.1) is 23.3 Å². The fourth-order valence-electron chi connectivity index (χ4n) is 2.86. The summed E-state index contributed by atoms with van der Waals surface area (Å²) >= 11 is 1.72. The minimum Gasteiger partial charge on any atom is -0.494 e. The maximum atomic E-state index is 5.57. The summed E-state index contributed by atoms with van der Waals surface area (Å²) in [7, 11) is 0. The first-order valence-corrected chi connectivity index (χ1v) is 9.78. The summed E-state index contributed by atoms with van der Waals surface area (Å²) in [4.78, 5) is 12.8. The molecule has 4 nitrogen and oxygen atoms in total. The van der Waals surface area contributed by atoms with E-state index in [2.05, 4.69) is 35.0 Å². The number of unbranched alkanes of at least 4 members (excludes halogenated alkanes) is 1. The van der Waals surface area contributed by atoms with Crippen LogP contribution in [0, 0.1) is 0 Å². The molecule has 0 unspecified atom stereocenters. The zero-order valence-electron chi connectivity index (χ0n) is 14.9. The normalized spacial score (nSPS) is 11.3. The highest BCUT2D eigenvalue weighted by Crippen LogP contribution is 2.21. The Morgan fingerprint density at radius 3 is 2.80 bits per heavy atom. The van der Waals surface area contributed by atoms with Crippen molar-refractivity contribution in [3.8, 4) is 5.75 Å². The van der Waals surface area contributed by atoms with Gasteiger partial charge >= 0.3 is 0 Å². The molecule has 0 amide bonds. The van der Waals surface area contributed by atoms with Crippen LogP contribution in [0.25, 0.3) is 10.9 Å². The molecule has 2 heterocycles. The zero-order valence-corrected chi connectivity index (χ0v) is 15.8. The van der Waals surface area contributed by atoms with E-state index < -0.39 is 0 Å². The van der Waals surface area contributed by atoms with Crippen molar-refractivity contribution in [2.75, 3.05) is 13.2 Å². The van der Waals surface area contributed by atoms with Crippen LogP contribution >= 0.6 is 11.3 Å². The van der Waals surface area contributed by atoms with Gasteiger partial charge in [0.25, 0.3) is 0 Å². The molecule has 0 aliphatic heterocycles. The summed E-state index contributed by atoms with van der Waals surface area (Å²) in [5.74, 6) is 0.902. The molecule has 0 fully saturated rings. The Morgan fingerprint density at radius 1 is 1.12 bits per heavy atom. The predicted octanol–water partition coefficient (Wildman–Crippen LogP) is 4.89. The second-order valence-electron chi connectivity index (χ2n) is 6.12. The predicted molar refractivity (Wildman–Crippen MR) is 104 cm³/mol. The molecule has 0 spiro atoms. The van der Waals surface area contributed by atoms with E-state index in [1.54, 1.807) is 11.3 Å². The van der Waals surface area contributed by atoms with Crippen LogP contribution < -0.4 is 4.74 Å². The van der Waals surface area contributed by atoms with Gasteiger partial charge in [-0.1, -0.05) is 19.4 Å². The molecule has 0 atom stereocenters. The van der Waals surface area contributed by atoms with Gasteiger partial charge in [0.15, 0.2) is 0 Å². The van der Waals surface area contributed by atoms with E-state index in [4.69, 9.17) is 9.72 Å². The van der Waals surface area contributed by atoms with Crippen molar-refractivity contribution in [3.63, 3.8) is 0 Å². The topological polar surface area (TPSA) is 38.2 Å². The second-order valence-corrected chi connectivity index (χ2v) is 7.09. The largest absolute Gasteiger partial charge is 0.494 e. The van der Waals surface area contributed by atoms with Crippen molar-refractivity contribution in [2.24, 2.45) is 0 Å². The van der Waals surface area contributed by atoms with Crippen LogP contribution in [0.5, 0.6) is 5.75 Å². The van der Waals surface area contributed by atoms with Gasteiger partial charge in [0, 0.05) is 29.5 Å². The molecule has 0 aliphatic carbocycles. The number of hydrogen-bond donors (Lipinski definition) is 0. The molecule has 3 rings (SSSR count). The SMILES string of the molecule is CCCCN(Cc1ccc2cc(OCC)ccc2n1)Cc1cncs1. The summed E-state index contributed by atoms with van der Waals surface area (Å²) in [5, 5.41) is 1.12. The van der Waals surface area contributed by atoms with E-state index in [0.29, 0.717) is 6.61 Å². The molecule has 0 N–H and O–H groups in total. The Morgan fingerprint density at radius 2 is 2.04 bits per heavy atom. The monoisotopic (exact) mass is 355 g/mol. The lowest BCUT2D eigenvalue weighted by atomic mass is 10.2. The summed E-state index contributed by atoms with van der Waals surface area (Å²) < 4.78 is 5.57. The van der Waals surface area contributed by atoms with Gasteiger partial charge in [-0.25, -0.2) is 0 Å². The third-order valence-corrected chi connectivity index (χ3v) is 4.87. The van der Waals surface area contributed by atoms with Crippen molar-refractivity contribution < 1.29 is 4.74 Å². The fraction of sp³-hybridized carbons (Fsp3) is 0.400. The number of ether oxygens (including phenoxy) is 1. The Kier molecular flexibility index (Phi) is 6.36. The van der Waals surface area contributed by atoms with Crippen LogP contribution in [-0.4, -0.2) is 28.0 Å². The van der Waals surface area contributed by atoms with Crippen LogP contribution in [0.15, 0.2) is 42.0 Å². The van der Waals surface area contributed by atoms with Crippen molar-refractivity contribution in [1.29, 1.82) is 0 Å². The van der Waals surface area contributed by atoms with E-state index in [1.807, 2.05) is 30.8 Å².